The van der Waals surface area contributed by atoms with Gasteiger partial charge >= 0.3 is 6.68 Å². The summed E-state index contributed by atoms with van der Waals surface area (Å²) in [4.78, 5) is 0. The minimum absolute atomic E-state index is 0.640. The van der Waals surface area contributed by atoms with Crippen molar-refractivity contribution in [3.8, 4) is 0 Å². The number of rotatable bonds is 1. The highest BCUT2D eigenvalue weighted by Crippen LogP contribution is 1.94. The van der Waals surface area contributed by atoms with Gasteiger partial charge in [-0.25, -0.2) is 0 Å². The van der Waals surface area contributed by atoms with Crippen molar-refractivity contribution in [2.75, 3.05) is 0 Å². The quantitative estimate of drug-likeness (QED) is 0.699. The van der Waals surface area contributed by atoms with E-state index in [4.69, 9.17) is 5.73 Å². The molecule has 0 spiro atoms. The standard InChI is InChI=1S/C7H9N.CHF3/c8-6-7-4-2-1-3-5-7;2-1(3)4/h1-5H,6,8H2;1H. The lowest BCUT2D eigenvalue weighted by Gasteiger charge is -1.90. The van der Waals surface area contributed by atoms with Crippen LogP contribution in [0.25, 0.3) is 0 Å². The zero-order chi connectivity index (χ0) is 9.40. The maximum atomic E-state index is 9.67. The lowest BCUT2D eigenvalue weighted by molar-refractivity contribution is 0.00819. The van der Waals surface area contributed by atoms with E-state index in [0.29, 0.717) is 6.54 Å². The van der Waals surface area contributed by atoms with Gasteiger partial charge in [-0.3, -0.25) is 0 Å². The second kappa shape index (κ2) is 6.67. The van der Waals surface area contributed by atoms with Crippen LogP contribution in [0.1, 0.15) is 5.56 Å². The van der Waals surface area contributed by atoms with Gasteiger partial charge in [-0.1, -0.05) is 30.3 Å². The van der Waals surface area contributed by atoms with E-state index in [0.717, 1.165) is 0 Å². The highest BCUT2D eigenvalue weighted by atomic mass is 19.4. The Bertz CT molecular complexity index is 186. The lowest BCUT2D eigenvalue weighted by Crippen LogP contribution is -1.94. The van der Waals surface area contributed by atoms with Crippen LogP contribution >= 0.6 is 0 Å². The highest BCUT2D eigenvalue weighted by Gasteiger charge is 1.86. The number of halogens is 3. The molecule has 0 aromatic heterocycles. The third-order valence-electron chi connectivity index (χ3n) is 1.08. The van der Waals surface area contributed by atoms with Crippen LogP contribution in [-0.4, -0.2) is 6.68 Å². The molecule has 12 heavy (non-hydrogen) atoms. The zero-order valence-electron chi connectivity index (χ0n) is 6.38. The average Bonchev–Trinajstić information content (AvgIpc) is 2.05. The molecule has 2 N–H and O–H groups in total. The van der Waals surface area contributed by atoms with E-state index in [1.165, 1.54) is 5.56 Å². The smallest absolute Gasteiger partial charge is 0.326 e. The van der Waals surface area contributed by atoms with Crippen molar-refractivity contribution < 1.29 is 13.2 Å². The fourth-order valence-electron chi connectivity index (χ4n) is 0.614. The predicted molar refractivity (Wildman–Crippen MR) is 41.4 cm³/mol. The van der Waals surface area contributed by atoms with E-state index < -0.39 is 6.68 Å². The molecule has 1 aromatic carbocycles. The first kappa shape index (κ1) is 11.0. The summed E-state index contributed by atoms with van der Waals surface area (Å²) in [5.41, 5.74) is 6.54. The van der Waals surface area contributed by atoms with E-state index in [9.17, 15) is 13.2 Å². The minimum Gasteiger partial charge on any atom is -0.326 e. The molecule has 0 radical (unpaired) electrons. The highest BCUT2D eigenvalue weighted by molar-refractivity contribution is 5.13. The third kappa shape index (κ3) is 7.08. The van der Waals surface area contributed by atoms with Crippen molar-refractivity contribution >= 4 is 0 Å². The number of nitrogens with two attached hydrogens (primary N) is 1. The fourth-order valence-corrected chi connectivity index (χ4v) is 0.614. The van der Waals surface area contributed by atoms with Crippen molar-refractivity contribution in [2.24, 2.45) is 5.73 Å². The van der Waals surface area contributed by atoms with Gasteiger partial charge in [0.1, 0.15) is 0 Å². The Morgan fingerprint density at radius 1 is 1.08 bits per heavy atom. The van der Waals surface area contributed by atoms with Crippen LogP contribution in [0.4, 0.5) is 13.2 Å². The Balaban J connectivity index is 0.000000261. The van der Waals surface area contributed by atoms with Gasteiger partial charge in [-0.05, 0) is 5.56 Å². The van der Waals surface area contributed by atoms with Crippen molar-refractivity contribution in [1.29, 1.82) is 0 Å². The van der Waals surface area contributed by atoms with Gasteiger partial charge in [0.2, 0.25) is 0 Å². The third-order valence-corrected chi connectivity index (χ3v) is 1.08. The van der Waals surface area contributed by atoms with Crippen LogP contribution in [0.5, 0.6) is 0 Å². The summed E-state index contributed by atoms with van der Waals surface area (Å²) in [5.74, 6) is 0. The summed E-state index contributed by atoms with van der Waals surface area (Å²) in [6, 6.07) is 9.99. The molecule has 0 atom stereocenters. The summed E-state index contributed by atoms with van der Waals surface area (Å²) in [6.45, 7) is -3.03. The van der Waals surface area contributed by atoms with E-state index in [-0.39, 0.29) is 0 Å². The van der Waals surface area contributed by atoms with Gasteiger partial charge in [-0.2, -0.15) is 13.2 Å². The van der Waals surface area contributed by atoms with Crippen LogP contribution in [-0.2, 0) is 6.54 Å². The van der Waals surface area contributed by atoms with Crippen LogP contribution in [0, 0.1) is 0 Å². The molecule has 4 heteroatoms. The minimum atomic E-state index is -3.67. The summed E-state index contributed by atoms with van der Waals surface area (Å²) < 4.78 is 29.0. The molecule has 0 aliphatic rings. The first-order chi connectivity index (χ1) is 5.66. The zero-order valence-corrected chi connectivity index (χ0v) is 6.38. The second-order valence-electron chi connectivity index (χ2n) is 1.94. The molecule has 0 saturated heterocycles. The number of hydrogen-bond donors (Lipinski definition) is 1. The Kier molecular flexibility index (Phi) is 6.09. The van der Waals surface area contributed by atoms with Crippen molar-refractivity contribution in [2.45, 2.75) is 13.2 Å². The molecular weight excluding hydrogens is 167 g/mol. The van der Waals surface area contributed by atoms with Crippen molar-refractivity contribution in [3.63, 3.8) is 0 Å². The van der Waals surface area contributed by atoms with E-state index in [2.05, 4.69) is 0 Å². The first-order valence-electron chi connectivity index (χ1n) is 3.33. The van der Waals surface area contributed by atoms with Crippen molar-refractivity contribution in [1.82, 2.24) is 0 Å². The molecule has 0 saturated carbocycles. The van der Waals surface area contributed by atoms with Crippen LogP contribution < -0.4 is 5.73 Å². The maximum absolute atomic E-state index is 9.67. The molecule has 1 rings (SSSR count). The average molecular weight is 177 g/mol. The van der Waals surface area contributed by atoms with Gasteiger partial charge in [-0.15, -0.1) is 0 Å². The van der Waals surface area contributed by atoms with Gasteiger partial charge in [0.05, 0.1) is 0 Å². The van der Waals surface area contributed by atoms with Crippen LogP contribution in [0.15, 0.2) is 30.3 Å². The summed E-state index contributed by atoms with van der Waals surface area (Å²) in [7, 11) is 0. The van der Waals surface area contributed by atoms with E-state index in [1.54, 1.807) is 0 Å². The summed E-state index contributed by atoms with van der Waals surface area (Å²) in [5, 5.41) is 0. The molecule has 0 aliphatic heterocycles. The molecule has 1 nitrogen and oxygen atoms in total. The largest absolute Gasteiger partial charge is 0.379 e. The van der Waals surface area contributed by atoms with E-state index in [1.807, 2.05) is 30.3 Å². The normalized spacial score (nSPS) is 9.08. The van der Waals surface area contributed by atoms with Crippen LogP contribution in [0.3, 0.4) is 0 Å². The van der Waals surface area contributed by atoms with Gasteiger partial charge < -0.3 is 5.73 Å². The van der Waals surface area contributed by atoms with Crippen molar-refractivity contribution in [3.05, 3.63) is 35.9 Å². The molecule has 0 amide bonds. The monoisotopic (exact) mass is 177 g/mol. The Labute approximate surface area is 69.0 Å². The Morgan fingerprint density at radius 3 is 1.75 bits per heavy atom. The SMILES string of the molecule is FC(F)F.NCc1ccccc1. The number of benzene rings is 1. The number of alkyl halides is 3. The molecule has 0 unspecified atom stereocenters. The molecular formula is C8H10F3N. The van der Waals surface area contributed by atoms with Gasteiger partial charge in [0, 0.05) is 6.54 Å². The molecule has 0 aliphatic carbocycles. The fraction of sp³-hybridized carbons (Fsp3) is 0.250. The molecule has 0 fully saturated rings. The topological polar surface area (TPSA) is 26.0 Å². The van der Waals surface area contributed by atoms with Gasteiger partial charge in [0.15, 0.2) is 0 Å². The molecule has 68 valence electrons. The van der Waals surface area contributed by atoms with E-state index >= 15 is 0 Å². The van der Waals surface area contributed by atoms with Crippen LogP contribution in [0.2, 0.25) is 0 Å². The summed E-state index contributed by atoms with van der Waals surface area (Å²) in [6.07, 6.45) is 0. The Morgan fingerprint density at radius 2 is 1.50 bits per heavy atom. The Hall–Kier alpha value is -1.03. The van der Waals surface area contributed by atoms with Gasteiger partial charge in [0.25, 0.3) is 0 Å². The lowest BCUT2D eigenvalue weighted by atomic mass is 10.2. The predicted octanol–water partition coefficient (Wildman–Crippen LogP) is 2.32. The summed E-state index contributed by atoms with van der Waals surface area (Å²) >= 11 is 0. The maximum Gasteiger partial charge on any atom is 0.379 e. The molecule has 0 bridgehead atoms. The first-order valence-corrected chi connectivity index (χ1v) is 3.33. The molecule has 1 aromatic rings. The molecule has 0 heterocycles. The number of hydrogen-bond acceptors (Lipinski definition) is 1. The second-order valence-corrected chi connectivity index (χ2v) is 1.94.